The molecular formula is C15H11BrClN3O4. The van der Waals surface area contributed by atoms with E-state index >= 15 is 0 Å². The summed E-state index contributed by atoms with van der Waals surface area (Å²) in [7, 11) is 1.52. The van der Waals surface area contributed by atoms with Crippen LogP contribution in [0.25, 0.3) is 0 Å². The van der Waals surface area contributed by atoms with E-state index in [4.69, 9.17) is 16.3 Å². The summed E-state index contributed by atoms with van der Waals surface area (Å²) >= 11 is 9.23. The van der Waals surface area contributed by atoms with Crippen molar-refractivity contribution in [3.8, 4) is 5.75 Å². The van der Waals surface area contributed by atoms with Crippen LogP contribution in [0.15, 0.2) is 46.0 Å². The van der Waals surface area contributed by atoms with Gasteiger partial charge in [-0.3, -0.25) is 14.9 Å². The summed E-state index contributed by atoms with van der Waals surface area (Å²) in [4.78, 5) is 22.2. The minimum absolute atomic E-state index is 0.119. The largest absolute Gasteiger partial charge is 0.496 e. The molecule has 2 aromatic carbocycles. The van der Waals surface area contributed by atoms with Crippen molar-refractivity contribution in [2.75, 3.05) is 7.11 Å². The van der Waals surface area contributed by atoms with Gasteiger partial charge in [-0.2, -0.15) is 5.10 Å². The molecule has 1 N–H and O–H groups in total. The normalized spacial score (nSPS) is 10.6. The van der Waals surface area contributed by atoms with Crippen LogP contribution in [0.1, 0.15) is 15.9 Å². The standard InChI is InChI=1S/C15H11BrClN3O4/c1-24-14-5-2-9(7-12(14)16)15(21)19-18-8-10-6-11(20(22)23)3-4-13(10)17/h2-8H,1H3,(H,19,21)/b18-8+. The number of methoxy groups -OCH3 is 1. The molecule has 0 aliphatic carbocycles. The summed E-state index contributed by atoms with van der Waals surface area (Å²) in [5.41, 5.74) is 2.90. The van der Waals surface area contributed by atoms with Gasteiger partial charge in [-0.1, -0.05) is 11.6 Å². The number of amides is 1. The predicted octanol–water partition coefficient (Wildman–Crippen LogP) is 3.78. The third-order valence-electron chi connectivity index (χ3n) is 2.97. The van der Waals surface area contributed by atoms with Crippen molar-refractivity contribution in [3.63, 3.8) is 0 Å². The van der Waals surface area contributed by atoms with Crippen LogP contribution in [0, 0.1) is 10.1 Å². The third-order valence-corrected chi connectivity index (χ3v) is 3.94. The van der Waals surface area contributed by atoms with Gasteiger partial charge < -0.3 is 4.74 Å². The zero-order chi connectivity index (χ0) is 17.7. The molecule has 0 atom stereocenters. The second-order valence-electron chi connectivity index (χ2n) is 4.51. The van der Waals surface area contributed by atoms with Gasteiger partial charge in [0.15, 0.2) is 0 Å². The minimum atomic E-state index is -0.541. The Morgan fingerprint density at radius 3 is 2.75 bits per heavy atom. The number of carbonyl (C=O) groups is 1. The highest BCUT2D eigenvalue weighted by Gasteiger charge is 2.10. The molecule has 24 heavy (non-hydrogen) atoms. The van der Waals surface area contributed by atoms with E-state index in [9.17, 15) is 14.9 Å². The van der Waals surface area contributed by atoms with Crippen molar-refractivity contribution in [1.29, 1.82) is 0 Å². The molecule has 0 unspecified atom stereocenters. The van der Waals surface area contributed by atoms with Crippen molar-refractivity contribution >= 4 is 45.3 Å². The van der Waals surface area contributed by atoms with Gasteiger partial charge in [-0.15, -0.1) is 0 Å². The monoisotopic (exact) mass is 411 g/mol. The van der Waals surface area contributed by atoms with Crippen LogP contribution in [-0.2, 0) is 0 Å². The van der Waals surface area contributed by atoms with Crippen molar-refractivity contribution in [2.45, 2.75) is 0 Å². The maximum atomic E-state index is 12.0. The lowest BCUT2D eigenvalue weighted by Gasteiger charge is -2.05. The summed E-state index contributed by atoms with van der Waals surface area (Å²) in [6.07, 6.45) is 1.24. The number of benzene rings is 2. The highest BCUT2D eigenvalue weighted by Crippen LogP contribution is 2.25. The van der Waals surface area contributed by atoms with Crippen LogP contribution in [0.4, 0.5) is 5.69 Å². The first-order valence-corrected chi connectivity index (χ1v) is 7.70. The van der Waals surface area contributed by atoms with E-state index in [1.54, 1.807) is 18.2 Å². The number of nitrogens with one attached hydrogen (secondary N) is 1. The van der Waals surface area contributed by atoms with Gasteiger partial charge in [-0.05, 0) is 40.2 Å². The fourth-order valence-corrected chi connectivity index (χ4v) is 2.48. The van der Waals surface area contributed by atoms with Gasteiger partial charge in [-0.25, -0.2) is 5.43 Å². The number of non-ortho nitro benzene ring substituents is 1. The van der Waals surface area contributed by atoms with Gasteiger partial charge in [0.2, 0.25) is 0 Å². The van der Waals surface area contributed by atoms with E-state index in [2.05, 4.69) is 26.5 Å². The van der Waals surface area contributed by atoms with Crippen LogP contribution in [0.2, 0.25) is 5.02 Å². The lowest BCUT2D eigenvalue weighted by molar-refractivity contribution is -0.384. The van der Waals surface area contributed by atoms with Gasteiger partial charge in [0.25, 0.3) is 11.6 Å². The molecular weight excluding hydrogens is 402 g/mol. The van der Waals surface area contributed by atoms with E-state index in [0.29, 0.717) is 21.3 Å². The molecule has 0 aromatic heterocycles. The molecule has 124 valence electrons. The zero-order valence-corrected chi connectivity index (χ0v) is 14.7. The molecule has 9 heteroatoms. The summed E-state index contributed by atoms with van der Waals surface area (Å²) < 4.78 is 5.71. The first kappa shape index (κ1) is 17.9. The minimum Gasteiger partial charge on any atom is -0.496 e. The molecule has 0 radical (unpaired) electrons. The summed E-state index contributed by atoms with van der Waals surface area (Å²) in [6, 6.07) is 8.75. The van der Waals surface area contributed by atoms with Crippen molar-refractivity contribution in [3.05, 3.63) is 67.1 Å². The summed E-state index contributed by atoms with van der Waals surface area (Å²) in [5, 5.41) is 14.8. The highest BCUT2D eigenvalue weighted by atomic mass is 79.9. The van der Waals surface area contributed by atoms with Crippen molar-refractivity contribution < 1.29 is 14.5 Å². The van der Waals surface area contributed by atoms with E-state index in [0.717, 1.165) is 0 Å². The van der Waals surface area contributed by atoms with Gasteiger partial charge in [0.05, 0.1) is 22.7 Å². The number of ether oxygens (including phenoxy) is 1. The molecule has 0 saturated carbocycles. The van der Waals surface area contributed by atoms with Crippen LogP contribution in [0.3, 0.4) is 0 Å². The number of halogens is 2. The Balaban J connectivity index is 2.11. The maximum Gasteiger partial charge on any atom is 0.271 e. The first-order valence-electron chi connectivity index (χ1n) is 6.53. The number of carbonyl (C=O) groups excluding carboxylic acids is 1. The molecule has 0 aliphatic rings. The zero-order valence-electron chi connectivity index (χ0n) is 12.3. The quantitative estimate of drug-likeness (QED) is 0.459. The van der Waals surface area contributed by atoms with Crippen LogP contribution >= 0.6 is 27.5 Å². The van der Waals surface area contributed by atoms with Crippen LogP contribution < -0.4 is 10.2 Å². The molecule has 0 bridgehead atoms. The number of hydrogen-bond acceptors (Lipinski definition) is 5. The average Bonchev–Trinajstić information content (AvgIpc) is 2.56. The lowest BCUT2D eigenvalue weighted by Crippen LogP contribution is -2.17. The van der Waals surface area contributed by atoms with Gasteiger partial charge in [0, 0.05) is 28.3 Å². The first-order chi connectivity index (χ1) is 11.4. The second-order valence-corrected chi connectivity index (χ2v) is 5.77. The molecule has 0 fully saturated rings. The SMILES string of the molecule is COc1ccc(C(=O)N/N=C/c2cc([N+](=O)[O-])ccc2Cl)cc1Br. The van der Waals surface area contributed by atoms with E-state index in [1.807, 2.05) is 0 Å². The van der Waals surface area contributed by atoms with Crippen LogP contribution in [0.5, 0.6) is 5.75 Å². The Morgan fingerprint density at radius 1 is 1.38 bits per heavy atom. The molecule has 2 rings (SSSR count). The summed E-state index contributed by atoms with van der Waals surface area (Å²) in [6.45, 7) is 0. The smallest absolute Gasteiger partial charge is 0.271 e. The molecule has 2 aromatic rings. The van der Waals surface area contributed by atoms with E-state index < -0.39 is 10.8 Å². The van der Waals surface area contributed by atoms with Gasteiger partial charge >= 0.3 is 0 Å². The fraction of sp³-hybridized carbons (Fsp3) is 0.0667. The topological polar surface area (TPSA) is 93.8 Å². The number of rotatable bonds is 5. The Labute approximate surface area is 150 Å². The van der Waals surface area contributed by atoms with Crippen LogP contribution in [-0.4, -0.2) is 24.2 Å². The highest BCUT2D eigenvalue weighted by molar-refractivity contribution is 9.10. The Morgan fingerprint density at radius 2 is 2.12 bits per heavy atom. The third kappa shape index (κ3) is 4.30. The number of hydrogen-bond donors (Lipinski definition) is 1. The number of nitro benzene ring substituents is 1. The molecule has 7 nitrogen and oxygen atoms in total. The predicted molar refractivity (Wildman–Crippen MR) is 93.9 cm³/mol. The number of nitro groups is 1. The average molecular weight is 413 g/mol. The van der Waals surface area contributed by atoms with Crippen molar-refractivity contribution in [2.24, 2.45) is 5.10 Å². The lowest BCUT2D eigenvalue weighted by atomic mass is 10.2. The Bertz CT molecular complexity index is 826. The second kappa shape index (κ2) is 7.89. The molecule has 0 aliphatic heterocycles. The number of nitrogens with zero attached hydrogens (tertiary/aromatic N) is 2. The Hall–Kier alpha value is -2.45. The van der Waals surface area contributed by atoms with Crippen molar-refractivity contribution in [1.82, 2.24) is 5.43 Å². The summed E-state index contributed by atoms with van der Waals surface area (Å²) in [5.74, 6) is 0.148. The van der Waals surface area contributed by atoms with E-state index in [-0.39, 0.29) is 10.7 Å². The molecule has 0 spiro atoms. The maximum absolute atomic E-state index is 12.0. The molecule has 0 heterocycles. The molecule has 1 amide bonds. The van der Waals surface area contributed by atoms with E-state index in [1.165, 1.54) is 31.5 Å². The molecule has 0 saturated heterocycles. The Kier molecular flexibility index (Phi) is 5.88. The number of hydrazone groups is 1. The fourth-order valence-electron chi connectivity index (χ4n) is 1.78. The van der Waals surface area contributed by atoms with Gasteiger partial charge in [0.1, 0.15) is 5.75 Å².